The molecular weight excluding hydrogens is 364 g/mol. The maximum atomic E-state index is 12.5. The number of aromatic nitrogens is 6. The van der Waals surface area contributed by atoms with Crippen molar-refractivity contribution < 1.29 is 4.79 Å². The number of nitrogens with one attached hydrogen (secondary N) is 2. The Balaban J connectivity index is 1.42. The normalized spacial score (nSPS) is 14.3. The van der Waals surface area contributed by atoms with Gasteiger partial charge >= 0.3 is 5.69 Å². The van der Waals surface area contributed by atoms with Gasteiger partial charge in [-0.05, 0) is 19.1 Å². The lowest BCUT2D eigenvalue weighted by Crippen LogP contribution is -2.50. The van der Waals surface area contributed by atoms with Gasteiger partial charge in [-0.2, -0.15) is 0 Å². The standard InChI is InChI=1S/C17H18N8O3/c1-11-18-4-5-25(11)14-3-2-13(21-22-14)23-6-8-24(9-7-23)16(27)12-10-19-17(28)20-15(12)26/h2-5,10H,6-9H2,1H3,(H2,19,20,26,28). The van der Waals surface area contributed by atoms with Crippen molar-refractivity contribution in [1.29, 1.82) is 0 Å². The number of hydrogen-bond acceptors (Lipinski definition) is 7. The molecular formula is C17H18N8O3. The molecule has 3 aromatic rings. The summed E-state index contributed by atoms with van der Waals surface area (Å²) in [5.74, 6) is 1.82. The van der Waals surface area contributed by atoms with Gasteiger partial charge in [0.1, 0.15) is 11.4 Å². The number of aromatic amines is 2. The second-order valence-corrected chi connectivity index (χ2v) is 6.36. The molecule has 11 nitrogen and oxygen atoms in total. The van der Waals surface area contributed by atoms with E-state index in [2.05, 4.69) is 25.1 Å². The van der Waals surface area contributed by atoms with Crippen molar-refractivity contribution in [3.63, 3.8) is 0 Å². The van der Waals surface area contributed by atoms with Crippen LogP contribution in [0.15, 0.2) is 40.3 Å². The Kier molecular flexibility index (Phi) is 4.47. The zero-order valence-electron chi connectivity index (χ0n) is 15.1. The fourth-order valence-electron chi connectivity index (χ4n) is 3.11. The lowest BCUT2D eigenvalue weighted by molar-refractivity contribution is 0.0744. The van der Waals surface area contributed by atoms with Crippen LogP contribution in [0.3, 0.4) is 0 Å². The highest BCUT2D eigenvalue weighted by molar-refractivity contribution is 5.93. The number of piperazine rings is 1. The van der Waals surface area contributed by atoms with Crippen LogP contribution < -0.4 is 16.1 Å². The second-order valence-electron chi connectivity index (χ2n) is 6.36. The predicted octanol–water partition coefficient (Wildman–Crippen LogP) is -0.690. The molecule has 0 bridgehead atoms. The number of imidazole rings is 1. The first kappa shape index (κ1) is 17.6. The minimum atomic E-state index is -0.688. The summed E-state index contributed by atoms with van der Waals surface area (Å²) in [4.78, 5) is 47.6. The average Bonchev–Trinajstić information content (AvgIpc) is 3.14. The molecule has 0 aromatic carbocycles. The van der Waals surface area contributed by atoms with Crippen molar-refractivity contribution in [2.75, 3.05) is 31.1 Å². The van der Waals surface area contributed by atoms with Crippen LogP contribution in [0.25, 0.3) is 5.82 Å². The van der Waals surface area contributed by atoms with Crippen LogP contribution >= 0.6 is 0 Å². The number of carbonyl (C=O) groups is 1. The summed E-state index contributed by atoms with van der Waals surface area (Å²) >= 11 is 0. The lowest BCUT2D eigenvalue weighted by atomic mass is 10.2. The van der Waals surface area contributed by atoms with Gasteiger partial charge in [-0.1, -0.05) is 0 Å². The van der Waals surface area contributed by atoms with E-state index in [1.807, 2.05) is 34.7 Å². The second kappa shape index (κ2) is 7.10. The van der Waals surface area contributed by atoms with E-state index in [0.717, 1.165) is 17.8 Å². The molecule has 1 aliphatic heterocycles. The highest BCUT2D eigenvalue weighted by atomic mass is 16.2. The van der Waals surface area contributed by atoms with E-state index in [-0.39, 0.29) is 5.56 Å². The van der Waals surface area contributed by atoms with Crippen LogP contribution in [0.4, 0.5) is 5.82 Å². The van der Waals surface area contributed by atoms with Gasteiger partial charge in [-0.25, -0.2) is 9.78 Å². The van der Waals surface area contributed by atoms with Crippen molar-refractivity contribution in [1.82, 2.24) is 34.6 Å². The van der Waals surface area contributed by atoms with Gasteiger partial charge in [0.05, 0.1) is 0 Å². The molecule has 11 heteroatoms. The Bertz CT molecular complexity index is 1110. The highest BCUT2D eigenvalue weighted by Crippen LogP contribution is 2.15. The molecule has 1 aliphatic rings. The Hall–Kier alpha value is -3.76. The first-order chi connectivity index (χ1) is 13.5. The quantitative estimate of drug-likeness (QED) is 0.612. The number of anilines is 1. The number of aryl methyl sites for hydroxylation is 1. The summed E-state index contributed by atoms with van der Waals surface area (Å²) < 4.78 is 1.84. The molecule has 0 atom stereocenters. The molecule has 2 N–H and O–H groups in total. The molecule has 0 radical (unpaired) electrons. The summed E-state index contributed by atoms with van der Waals surface area (Å²) in [6.45, 7) is 3.87. The number of H-pyrrole nitrogens is 2. The van der Waals surface area contributed by atoms with Gasteiger partial charge in [0.15, 0.2) is 11.6 Å². The minimum Gasteiger partial charge on any atom is -0.352 e. The first-order valence-electron chi connectivity index (χ1n) is 8.73. The predicted molar refractivity (Wildman–Crippen MR) is 99.7 cm³/mol. The monoisotopic (exact) mass is 382 g/mol. The van der Waals surface area contributed by atoms with Crippen LogP contribution in [0.2, 0.25) is 0 Å². The smallest absolute Gasteiger partial charge is 0.325 e. The van der Waals surface area contributed by atoms with Gasteiger partial charge in [0.25, 0.3) is 11.5 Å². The van der Waals surface area contributed by atoms with Crippen LogP contribution in [0, 0.1) is 6.92 Å². The summed E-state index contributed by atoms with van der Waals surface area (Å²) in [6, 6.07) is 3.75. The molecule has 0 spiro atoms. The van der Waals surface area contributed by atoms with Gasteiger partial charge in [-0.3, -0.25) is 19.1 Å². The average molecular weight is 382 g/mol. The molecule has 0 aliphatic carbocycles. The number of amides is 1. The maximum Gasteiger partial charge on any atom is 0.325 e. The van der Waals surface area contributed by atoms with E-state index in [1.165, 1.54) is 0 Å². The highest BCUT2D eigenvalue weighted by Gasteiger charge is 2.25. The van der Waals surface area contributed by atoms with Gasteiger partial charge in [-0.15, -0.1) is 10.2 Å². The molecule has 1 saturated heterocycles. The summed E-state index contributed by atoms with van der Waals surface area (Å²) in [7, 11) is 0. The topological polar surface area (TPSA) is 133 Å². The largest absolute Gasteiger partial charge is 0.352 e. The molecule has 28 heavy (non-hydrogen) atoms. The molecule has 1 fully saturated rings. The third-order valence-electron chi connectivity index (χ3n) is 4.65. The third-order valence-corrected chi connectivity index (χ3v) is 4.65. The van der Waals surface area contributed by atoms with E-state index in [4.69, 9.17) is 0 Å². The summed E-state index contributed by atoms with van der Waals surface area (Å²) in [6.07, 6.45) is 4.68. The van der Waals surface area contributed by atoms with Gasteiger partial charge in [0.2, 0.25) is 0 Å². The summed E-state index contributed by atoms with van der Waals surface area (Å²) in [5.41, 5.74) is -1.40. The fourth-order valence-corrected chi connectivity index (χ4v) is 3.11. The van der Waals surface area contributed by atoms with E-state index >= 15 is 0 Å². The van der Waals surface area contributed by atoms with E-state index < -0.39 is 17.2 Å². The molecule has 144 valence electrons. The lowest BCUT2D eigenvalue weighted by Gasteiger charge is -2.35. The van der Waals surface area contributed by atoms with Crippen LogP contribution in [0.5, 0.6) is 0 Å². The van der Waals surface area contributed by atoms with Crippen molar-refractivity contribution in [2.24, 2.45) is 0 Å². The zero-order valence-corrected chi connectivity index (χ0v) is 15.1. The number of hydrogen-bond donors (Lipinski definition) is 2. The maximum absolute atomic E-state index is 12.5. The summed E-state index contributed by atoms with van der Waals surface area (Å²) in [5, 5.41) is 8.53. The van der Waals surface area contributed by atoms with Crippen molar-refractivity contribution in [3.05, 3.63) is 62.9 Å². The van der Waals surface area contributed by atoms with E-state index in [9.17, 15) is 14.4 Å². The zero-order chi connectivity index (χ0) is 19.7. The fraction of sp³-hybridized carbons (Fsp3) is 0.294. The van der Waals surface area contributed by atoms with E-state index in [0.29, 0.717) is 32.0 Å². The Morgan fingerprint density at radius 3 is 2.39 bits per heavy atom. The Labute approximate surface area is 158 Å². The Morgan fingerprint density at radius 2 is 1.79 bits per heavy atom. The van der Waals surface area contributed by atoms with E-state index in [1.54, 1.807) is 11.1 Å². The molecule has 3 aromatic heterocycles. The third kappa shape index (κ3) is 3.29. The Morgan fingerprint density at radius 1 is 1.07 bits per heavy atom. The van der Waals surface area contributed by atoms with Gasteiger partial charge in [0, 0.05) is 44.8 Å². The first-order valence-corrected chi connectivity index (χ1v) is 8.73. The van der Waals surface area contributed by atoms with Crippen LogP contribution in [0.1, 0.15) is 16.2 Å². The van der Waals surface area contributed by atoms with Crippen LogP contribution in [-0.4, -0.2) is 66.7 Å². The van der Waals surface area contributed by atoms with Gasteiger partial charge < -0.3 is 14.8 Å². The molecule has 4 rings (SSSR count). The van der Waals surface area contributed by atoms with Crippen LogP contribution in [-0.2, 0) is 0 Å². The molecule has 4 heterocycles. The molecule has 0 unspecified atom stereocenters. The van der Waals surface area contributed by atoms with Crippen molar-refractivity contribution >= 4 is 11.7 Å². The molecule has 0 saturated carbocycles. The molecule has 1 amide bonds. The number of nitrogens with zero attached hydrogens (tertiary/aromatic N) is 6. The minimum absolute atomic E-state index is 0.0760. The SMILES string of the molecule is Cc1nccn1-c1ccc(N2CCN(C(=O)c3c[nH]c(=O)[nH]c3=O)CC2)nn1. The van der Waals surface area contributed by atoms with Crippen molar-refractivity contribution in [2.45, 2.75) is 6.92 Å². The van der Waals surface area contributed by atoms with Crippen molar-refractivity contribution in [3.8, 4) is 5.82 Å². The number of carbonyl (C=O) groups excluding carboxylic acids is 1. The number of rotatable bonds is 3.